The van der Waals surface area contributed by atoms with Crippen molar-refractivity contribution in [1.82, 2.24) is 4.90 Å². The van der Waals surface area contributed by atoms with Crippen molar-refractivity contribution in [3.05, 3.63) is 90.0 Å². The summed E-state index contributed by atoms with van der Waals surface area (Å²) in [5.41, 5.74) is 3.56. The first-order valence-electron chi connectivity index (χ1n) is 8.83. The molecule has 0 aliphatic heterocycles. The lowest BCUT2D eigenvalue weighted by Gasteiger charge is -2.25. The molecule has 0 aliphatic carbocycles. The molecule has 0 saturated carbocycles. The highest BCUT2D eigenvalue weighted by atomic mass is 32.2. The maximum atomic E-state index is 12.8. The van der Waals surface area contributed by atoms with Crippen LogP contribution in [0.15, 0.2) is 83.8 Å². The Bertz CT molecular complexity index is 1060. The van der Waals surface area contributed by atoms with Gasteiger partial charge in [0.25, 0.3) is 5.91 Å². The zero-order chi connectivity index (χ0) is 20.3. The number of amides is 1. The van der Waals surface area contributed by atoms with Crippen LogP contribution in [0.5, 0.6) is 0 Å². The van der Waals surface area contributed by atoms with Crippen LogP contribution < -0.4 is 5.14 Å². The number of nitrogens with two attached hydrogens (primary N) is 1. The topological polar surface area (TPSA) is 80.5 Å². The van der Waals surface area contributed by atoms with E-state index in [-0.39, 0.29) is 16.8 Å². The highest BCUT2D eigenvalue weighted by molar-refractivity contribution is 7.89. The van der Waals surface area contributed by atoms with Gasteiger partial charge in [-0.3, -0.25) is 4.79 Å². The van der Waals surface area contributed by atoms with Gasteiger partial charge in [0.15, 0.2) is 0 Å². The number of rotatable bonds is 5. The lowest BCUT2D eigenvalue weighted by Crippen LogP contribution is -2.29. The minimum Gasteiger partial charge on any atom is -0.335 e. The molecule has 0 heterocycles. The van der Waals surface area contributed by atoms with Gasteiger partial charge in [-0.15, -0.1) is 0 Å². The van der Waals surface area contributed by atoms with Crippen LogP contribution in [0.25, 0.3) is 11.1 Å². The molecule has 1 unspecified atom stereocenters. The molecule has 3 aromatic rings. The predicted molar refractivity (Wildman–Crippen MR) is 110 cm³/mol. The predicted octanol–water partition coefficient (Wildman–Crippen LogP) is 3.83. The van der Waals surface area contributed by atoms with Gasteiger partial charge in [-0.05, 0) is 47.9 Å². The third-order valence-corrected chi connectivity index (χ3v) is 5.76. The molecule has 144 valence electrons. The summed E-state index contributed by atoms with van der Waals surface area (Å²) >= 11 is 0. The number of nitrogens with zero attached hydrogens (tertiary/aromatic N) is 1. The molecular weight excluding hydrogens is 372 g/mol. The number of carbonyl (C=O) groups excluding carboxylic acids is 1. The highest BCUT2D eigenvalue weighted by Crippen LogP contribution is 2.24. The van der Waals surface area contributed by atoms with Crippen LogP contribution in [0, 0.1) is 0 Å². The third kappa shape index (κ3) is 4.30. The molecule has 0 fully saturated rings. The first kappa shape index (κ1) is 19.8. The van der Waals surface area contributed by atoms with E-state index >= 15 is 0 Å². The minimum atomic E-state index is -3.73. The SMILES string of the molecule is CC(c1ccc(S(N)(=O)=O)cc1)N(C)C(=O)c1ccc(-c2ccccc2)cc1. The molecule has 5 nitrogen and oxygen atoms in total. The lowest BCUT2D eigenvalue weighted by molar-refractivity contribution is 0.0742. The maximum absolute atomic E-state index is 12.8. The number of primary sulfonamides is 1. The van der Waals surface area contributed by atoms with Crippen LogP contribution in [-0.2, 0) is 10.0 Å². The van der Waals surface area contributed by atoms with Gasteiger partial charge in [-0.1, -0.05) is 54.6 Å². The van der Waals surface area contributed by atoms with E-state index in [0.717, 1.165) is 16.7 Å². The molecule has 0 spiro atoms. The Hall–Kier alpha value is -2.96. The Morgan fingerprint density at radius 3 is 1.93 bits per heavy atom. The Balaban J connectivity index is 1.76. The van der Waals surface area contributed by atoms with Crippen molar-refractivity contribution in [3.8, 4) is 11.1 Å². The standard InChI is InChI=1S/C22H22N2O3S/c1-16(17-12-14-21(15-13-17)28(23,26)27)24(2)22(25)20-10-8-19(9-11-20)18-6-4-3-5-7-18/h3-16H,1-2H3,(H2,23,26,27). The van der Waals surface area contributed by atoms with Crippen LogP contribution in [-0.4, -0.2) is 26.3 Å². The van der Waals surface area contributed by atoms with E-state index in [2.05, 4.69) is 0 Å². The fourth-order valence-corrected chi connectivity index (χ4v) is 3.49. The van der Waals surface area contributed by atoms with E-state index in [0.29, 0.717) is 5.56 Å². The molecule has 3 aromatic carbocycles. The van der Waals surface area contributed by atoms with Crippen molar-refractivity contribution in [2.75, 3.05) is 7.05 Å². The molecule has 0 saturated heterocycles. The number of carbonyl (C=O) groups is 1. The zero-order valence-corrected chi connectivity index (χ0v) is 16.6. The number of hydrogen-bond donors (Lipinski definition) is 1. The van der Waals surface area contributed by atoms with Crippen molar-refractivity contribution in [1.29, 1.82) is 0 Å². The second-order valence-corrected chi connectivity index (χ2v) is 8.21. The average molecular weight is 394 g/mol. The van der Waals surface area contributed by atoms with Crippen molar-refractivity contribution >= 4 is 15.9 Å². The lowest BCUT2D eigenvalue weighted by atomic mass is 10.0. The van der Waals surface area contributed by atoms with E-state index < -0.39 is 10.0 Å². The molecule has 0 aliphatic rings. The number of benzene rings is 3. The fraction of sp³-hybridized carbons (Fsp3) is 0.136. The van der Waals surface area contributed by atoms with Gasteiger partial charge in [0.1, 0.15) is 0 Å². The van der Waals surface area contributed by atoms with Crippen LogP contribution in [0.3, 0.4) is 0 Å². The van der Waals surface area contributed by atoms with Gasteiger partial charge in [0.2, 0.25) is 10.0 Å². The van der Waals surface area contributed by atoms with Crippen LogP contribution in [0.2, 0.25) is 0 Å². The maximum Gasteiger partial charge on any atom is 0.254 e. The van der Waals surface area contributed by atoms with Gasteiger partial charge in [0.05, 0.1) is 10.9 Å². The molecule has 1 atom stereocenters. The Labute approximate surface area is 165 Å². The summed E-state index contributed by atoms with van der Waals surface area (Å²) in [6.07, 6.45) is 0. The van der Waals surface area contributed by atoms with E-state index in [4.69, 9.17) is 5.14 Å². The van der Waals surface area contributed by atoms with Crippen LogP contribution in [0.4, 0.5) is 0 Å². The summed E-state index contributed by atoms with van der Waals surface area (Å²) in [6.45, 7) is 1.89. The molecule has 0 aromatic heterocycles. The van der Waals surface area contributed by atoms with Crippen molar-refractivity contribution < 1.29 is 13.2 Å². The molecule has 6 heteroatoms. The average Bonchev–Trinajstić information content (AvgIpc) is 2.72. The van der Waals surface area contributed by atoms with Gasteiger partial charge in [-0.2, -0.15) is 0 Å². The molecule has 0 bridgehead atoms. The molecule has 1 amide bonds. The van der Waals surface area contributed by atoms with Crippen molar-refractivity contribution in [3.63, 3.8) is 0 Å². The minimum absolute atomic E-state index is 0.0499. The summed E-state index contributed by atoms with van der Waals surface area (Å²) in [4.78, 5) is 14.5. The largest absolute Gasteiger partial charge is 0.335 e. The van der Waals surface area contributed by atoms with Crippen LogP contribution >= 0.6 is 0 Å². The second kappa shape index (κ2) is 7.96. The van der Waals surface area contributed by atoms with Crippen molar-refractivity contribution in [2.45, 2.75) is 17.9 Å². The highest BCUT2D eigenvalue weighted by Gasteiger charge is 2.19. The summed E-state index contributed by atoms with van der Waals surface area (Å²) in [6, 6.07) is 23.5. The first-order valence-corrected chi connectivity index (χ1v) is 10.4. The quantitative estimate of drug-likeness (QED) is 0.714. The smallest absolute Gasteiger partial charge is 0.254 e. The Morgan fingerprint density at radius 2 is 1.39 bits per heavy atom. The van der Waals surface area contributed by atoms with Gasteiger partial charge in [0, 0.05) is 12.6 Å². The molecule has 3 rings (SSSR count). The third-order valence-electron chi connectivity index (χ3n) is 4.83. The Morgan fingerprint density at radius 1 is 0.857 bits per heavy atom. The molecule has 0 radical (unpaired) electrons. The summed E-state index contributed by atoms with van der Waals surface area (Å²) in [7, 11) is -2.00. The van der Waals surface area contributed by atoms with Crippen LogP contribution in [0.1, 0.15) is 28.9 Å². The monoisotopic (exact) mass is 394 g/mol. The van der Waals surface area contributed by atoms with Gasteiger partial charge < -0.3 is 4.90 Å². The normalized spacial score (nSPS) is 12.4. The summed E-state index contributed by atoms with van der Waals surface area (Å²) in [5, 5.41) is 5.13. The first-order chi connectivity index (χ1) is 13.3. The van der Waals surface area contributed by atoms with E-state index in [9.17, 15) is 13.2 Å². The zero-order valence-electron chi connectivity index (χ0n) is 15.7. The number of hydrogen-bond acceptors (Lipinski definition) is 3. The number of sulfonamides is 1. The van der Waals surface area contributed by atoms with Gasteiger partial charge in [-0.25, -0.2) is 13.6 Å². The Kier molecular flexibility index (Phi) is 5.63. The van der Waals surface area contributed by atoms with E-state index in [1.165, 1.54) is 12.1 Å². The molecular formula is C22H22N2O3S. The van der Waals surface area contributed by atoms with Crippen molar-refractivity contribution in [2.24, 2.45) is 5.14 Å². The van der Waals surface area contributed by atoms with E-state index in [1.54, 1.807) is 24.1 Å². The molecule has 2 N–H and O–H groups in total. The fourth-order valence-electron chi connectivity index (χ4n) is 2.98. The summed E-state index contributed by atoms with van der Waals surface area (Å²) in [5.74, 6) is -0.109. The molecule has 28 heavy (non-hydrogen) atoms. The second-order valence-electron chi connectivity index (χ2n) is 6.65. The summed E-state index contributed by atoms with van der Waals surface area (Å²) < 4.78 is 22.8. The van der Waals surface area contributed by atoms with Gasteiger partial charge >= 0.3 is 0 Å². The van der Waals surface area contributed by atoms with E-state index in [1.807, 2.05) is 61.5 Å².